The lowest BCUT2D eigenvalue weighted by Crippen LogP contribution is -2.40. The molecule has 0 atom stereocenters. The fourth-order valence-corrected chi connectivity index (χ4v) is 1.77. The van der Waals surface area contributed by atoms with E-state index in [1.54, 1.807) is 27.7 Å². The van der Waals surface area contributed by atoms with Crippen LogP contribution in [0.3, 0.4) is 0 Å². The molecule has 0 fully saturated rings. The molecule has 106 valence electrons. The summed E-state index contributed by atoms with van der Waals surface area (Å²) in [5.41, 5.74) is -1.88. The van der Waals surface area contributed by atoms with Crippen molar-refractivity contribution in [3.05, 3.63) is 0 Å². The van der Waals surface area contributed by atoms with Gasteiger partial charge in [0, 0.05) is 5.41 Å². The van der Waals surface area contributed by atoms with Crippen molar-refractivity contribution in [3.8, 4) is 0 Å². The van der Waals surface area contributed by atoms with E-state index in [9.17, 15) is 18.0 Å². The van der Waals surface area contributed by atoms with Crippen LogP contribution in [-0.4, -0.2) is 31.7 Å². The maximum Gasteiger partial charge on any atom is 0.309 e. The minimum absolute atomic E-state index is 0.284. The Morgan fingerprint density at radius 3 is 1.78 bits per heavy atom. The zero-order valence-corrected chi connectivity index (χ0v) is 12.2. The molecule has 0 aromatic rings. The summed E-state index contributed by atoms with van der Waals surface area (Å²) in [6, 6.07) is 0. The fourth-order valence-electron chi connectivity index (χ4n) is 1.15. The average Bonchev–Trinajstić information content (AvgIpc) is 2.12. The molecule has 0 aliphatic carbocycles. The molecule has 18 heavy (non-hydrogen) atoms. The van der Waals surface area contributed by atoms with Crippen LogP contribution in [0.5, 0.6) is 0 Å². The van der Waals surface area contributed by atoms with Crippen LogP contribution in [0.15, 0.2) is 0 Å². The average molecular weight is 279 g/mol. The third-order valence-electron chi connectivity index (χ3n) is 2.85. The number of carbonyl (C=O) groups excluding carboxylic acids is 1. The Kier molecular flexibility index (Phi) is 4.93. The number of carboxylic acid groups (broad SMARTS) is 1. The molecule has 0 rings (SSSR count). The van der Waals surface area contributed by atoms with Crippen molar-refractivity contribution in [1.82, 2.24) is 4.72 Å². The lowest BCUT2D eigenvalue weighted by Gasteiger charge is -2.27. The number of aliphatic carboxylic acids is 1. The number of carboxylic acids is 1. The standard InChI is InChI=1S/C11H21NO5S/c1-10(2,8(13)12-18(5,16)17)6-7-11(3,4)9(14)15/h6-7H2,1-5H3,(H,12,13)(H,14,15). The topological polar surface area (TPSA) is 101 Å². The van der Waals surface area contributed by atoms with Gasteiger partial charge in [-0.05, 0) is 26.7 Å². The monoisotopic (exact) mass is 279 g/mol. The Labute approximate surface area is 108 Å². The number of amides is 1. The maximum atomic E-state index is 11.7. The van der Waals surface area contributed by atoms with Crippen LogP contribution >= 0.6 is 0 Å². The van der Waals surface area contributed by atoms with Crippen LogP contribution in [0.1, 0.15) is 40.5 Å². The Morgan fingerprint density at radius 1 is 1.06 bits per heavy atom. The van der Waals surface area contributed by atoms with Crippen molar-refractivity contribution in [2.75, 3.05) is 6.26 Å². The quantitative estimate of drug-likeness (QED) is 0.754. The summed E-state index contributed by atoms with van der Waals surface area (Å²) in [7, 11) is -3.59. The summed E-state index contributed by atoms with van der Waals surface area (Å²) in [5.74, 6) is -1.56. The smallest absolute Gasteiger partial charge is 0.309 e. The molecule has 7 heteroatoms. The van der Waals surface area contributed by atoms with Crippen LogP contribution in [0.25, 0.3) is 0 Å². The molecule has 2 N–H and O–H groups in total. The SMILES string of the molecule is CC(C)(CCC(C)(C)C(=O)NS(C)(=O)=O)C(=O)O. The first kappa shape index (κ1) is 16.9. The molecule has 0 heterocycles. The number of hydrogen-bond donors (Lipinski definition) is 2. The van der Waals surface area contributed by atoms with Gasteiger partial charge in [-0.15, -0.1) is 0 Å². The van der Waals surface area contributed by atoms with E-state index < -0.39 is 32.7 Å². The summed E-state index contributed by atoms with van der Waals surface area (Å²) in [5, 5.41) is 8.97. The van der Waals surface area contributed by atoms with Gasteiger partial charge in [0.05, 0.1) is 11.7 Å². The number of carbonyl (C=O) groups is 2. The molecule has 0 saturated heterocycles. The minimum atomic E-state index is -3.59. The van der Waals surface area contributed by atoms with E-state index >= 15 is 0 Å². The van der Waals surface area contributed by atoms with Gasteiger partial charge in [0.25, 0.3) is 0 Å². The molecule has 0 bridgehead atoms. The molecule has 0 saturated carbocycles. The third kappa shape index (κ3) is 5.48. The highest BCUT2D eigenvalue weighted by Crippen LogP contribution is 2.31. The van der Waals surface area contributed by atoms with Gasteiger partial charge < -0.3 is 5.11 Å². The number of rotatable bonds is 6. The fraction of sp³-hybridized carbons (Fsp3) is 0.818. The Balaban J connectivity index is 4.68. The zero-order valence-electron chi connectivity index (χ0n) is 11.4. The molecule has 0 radical (unpaired) electrons. The van der Waals surface area contributed by atoms with E-state index in [1.807, 2.05) is 4.72 Å². The minimum Gasteiger partial charge on any atom is -0.481 e. The van der Waals surface area contributed by atoms with Gasteiger partial charge in [0.2, 0.25) is 15.9 Å². The normalized spacial score (nSPS) is 13.2. The van der Waals surface area contributed by atoms with Crippen molar-refractivity contribution in [2.45, 2.75) is 40.5 Å². The summed E-state index contributed by atoms with van der Waals surface area (Å²) in [4.78, 5) is 22.7. The Hall–Kier alpha value is -1.11. The molecule has 6 nitrogen and oxygen atoms in total. The summed E-state index contributed by atoms with van der Waals surface area (Å²) in [6.07, 6.45) is 1.47. The lowest BCUT2D eigenvalue weighted by atomic mass is 9.79. The third-order valence-corrected chi connectivity index (χ3v) is 3.40. The van der Waals surface area contributed by atoms with Gasteiger partial charge in [-0.3, -0.25) is 14.3 Å². The van der Waals surface area contributed by atoms with E-state index in [4.69, 9.17) is 5.11 Å². The van der Waals surface area contributed by atoms with Crippen LogP contribution in [0, 0.1) is 10.8 Å². The van der Waals surface area contributed by atoms with E-state index in [-0.39, 0.29) is 12.8 Å². The van der Waals surface area contributed by atoms with Gasteiger partial charge >= 0.3 is 5.97 Å². The molecule has 0 aromatic heterocycles. The van der Waals surface area contributed by atoms with Crippen LogP contribution in [0.2, 0.25) is 0 Å². The first-order valence-corrected chi connectivity index (χ1v) is 7.43. The number of nitrogens with one attached hydrogen (secondary N) is 1. The van der Waals surface area contributed by atoms with Crippen molar-refractivity contribution in [3.63, 3.8) is 0 Å². The van der Waals surface area contributed by atoms with Crippen molar-refractivity contribution in [1.29, 1.82) is 0 Å². The summed E-state index contributed by atoms with van der Waals surface area (Å²) < 4.78 is 23.9. The van der Waals surface area contributed by atoms with E-state index in [1.165, 1.54) is 0 Å². The predicted octanol–water partition coefficient (Wildman–Crippen LogP) is 0.979. The van der Waals surface area contributed by atoms with Crippen molar-refractivity contribution >= 4 is 21.9 Å². The van der Waals surface area contributed by atoms with Crippen LogP contribution in [-0.2, 0) is 19.6 Å². The zero-order chi connectivity index (χ0) is 14.8. The highest BCUT2D eigenvalue weighted by Gasteiger charge is 2.34. The molecule has 0 aliphatic heterocycles. The molecular weight excluding hydrogens is 258 g/mol. The van der Waals surface area contributed by atoms with Crippen molar-refractivity contribution < 1.29 is 23.1 Å². The molecule has 1 amide bonds. The molecule has 0 unspecified atom stereocenters. The predicted molar refractivity (Wildman–Crippen MR) is 67.4 cm³/mol. The van der Waals surface area contributed by atoms with Crippen LogP contribution in [0.4, 0.5) is 0 Å². The molecule has 0 aliphatic rings. The Morgan fingerprint density at radius 2 is 1.44 bits per heavy atom. The van der Waals surface area contributed by atoms with E-state index in [0.29, 0.717) is 0 Å². The maximum absolute atomic E-state index is 11.7. The molecule has 0 spiro atoms. The van der Waals surface area contributed by atoms with E-state index in [2.05, 4.69) is 0 Å². The van der Waals surface area contributed by atoms with Gasteiger partial charge in [-0.2, -0.15) is 0 Å². The second-order valence-electron chi connectivity index (χ2n) is 5.78. The summed E-state index contributed by atoms with van der Waals surface area (Å²) >= 11 is 0. The van der Waals surface area contributed by atoms with Gasteiger partial charge in [-0.25, -0.2) is 8.42 Å². The molecule has 0 aromatic carbocycles. The highest BCUT2D eigenvalue weighted by molar-refractivity contribution is 7.89. The second-order valence-corrected chi connectivity index (χ2v) is 7.52. The second kappa shape index (κ2) is 5.26. The van der Waals surface area contributed by atoms with Gasteiger partial charge in [0.1, 0.15) is 0 Å². The Bertz CT molecular complexity index is 436. The van der Waals surface area contributed by atoms with Crippen LogP contribution < -0.4 is 4.72 Å². The van der Waals surface area contributed by atoms with E-state index in [0.717, 1.165) is 6.26 Å². The number of sulfonamides is 1. The van der Waals surface area contributed by atoms with Gasteiger partial charge in [0.15, 0.2) is 0 Å². The number of hydrogen-bond acceptors (Lipinski definition) is 4. The summed E-state index contributed by atoms with van der Waals surface area (Å²) in [6.45, 7) is 6.32. The lowest BCUT2D eigenvalue weighted by molar-refractivity contribution is -0.148. The first-order chi connectivity index (χ1) is 7.78. The first-order valence-electron chi connectivity index (χ1n) is 5.53. The highest BCUT2D eigenvalue weighted by atomic mass is 32.2. The van der Waals surface area contributed by atoms with Crippen molar-refractivity contribution in [2.24, 2.45) is 10.8 Å². The largest absolute Gasteiger partial charge is 0.481 e. The molecular formula is C11H21NO5S. The van der Waals surface area contributed by atoms with Gasteiger partial charge in [-0.1, -0.05) is 13.8 Å².